The van der Waals surface area contributed by atoms with Crippen LogP contribution < -0.4 is 5.32 Å². The van der Waals surface area contributed by atoms with Gasteiger partial charge in [-0.3, -0.25) is 9.78 Å². The number of hydrogen-bond donors (Lipinski definition) is 2. The number of hydrogen-bond acceptors (Lipinski definition) is 5. The number of carbonyl (C=O) groups is 1. The number of nitrogens with zero attached hydrogens (tertiary/aromatic N) is 1. The van der Waals surface area contributed by atoms with Crippen LogP contribution in [0, 0.1) is 6.92 Å². The molecule has 0 unspecified atom stereocenters. The Morgan fingerprint density at radius 3 is 3.00 bits per heavy atom. The minimum Gasteiger partial charge on any atom is -0.506 e. The zero-order valence-corrected chi connectivity index (χ0v) is 8.78. The smallest absolute Gasteiger partial charge is 0.319 e. The predicted molar refractivity (Wildman–Crippen MR) is 54.4 cm³/mol. The van der Waals surface area contributed by atoms with E-state index in [1.54, 1.807) is 12.1 Å². The van der Waals surface area contributed by atoms with Crippen molar-refractivity contribution in [2.75, 3.05) is 13.7 Å². The van der Waals surface area contributed by atoms with E-state index in [0.717, 1.165) is 5.69 Å². The maximum Gasteiger partial charge on any atom is 0.319 e. The monoisotopic (exact) mass is 210 g/mol. The second kappa shape index (κ2) is 5.31. The van der Waals surface area contributed by atoms with Gasteiger partial charge in [-0.25, -0.2) is 0 Å². The van der Waals surface area contributed by atoms with Gasteiger partial charge in [0.15, 0.2) is 0 Å². The van der Waals surface area contributed by atoms with Gasteiger partial charge < -0.3 is 15.2 Å². The van der Waals surface area contributed by atoms with Crippen LogP contribution in [0.4, 0.5) is 0 Å². The highest BCUT2D eigenvalue weighted by atomic mass is 16.5. The van der Waals surface area contributed by atoms with E-state index < -0.39 is 0 Å². The lowest BCUT2D eigenvalue weighted by atomic mass is 10.3. The van der Waals surface area contributed by atoms with E-state index in [2.05, 4.69) is 15.0 Å². The molecule has 0 atom stereocenters. The van der Waals surface area contributed by atoms with Crippen molar-refractivity contribution in [3.63, 3.8) is 0 Å². The van der Waals surface area contributed by atoms with Gasteiger partial charge >= 0.3 is 5.97 Å². The molecule has 0 aliphatic rings. The molecule has 0 spiro atoms. The molecule has 0 bridgehead atoms. The average molecular weight is 210 g/mol. The standard InChI is InChI=1S/C10H14N2O3/c1-7-3-4-9(13)8(12-7)5-11-6-10(14)15-2/h3-4,11,13H,5-6H2,1-2H3. The zero-order chi connectivity index (χ0) is 11.3. The molecule has 0 radical (unpaired) electrons. The molecule has 5 heteroatoms. The Morgan fingerprint density at radius 1 is 1.60 bits per heavy atom. The van der Waals surface area contributed by atoms with Gasteiger partial charge in [-0.1, -0.05) is 0 Å². The first-order valence-corrected chi connectivity index (χ1v) is 4.56. The molecule has 1 heterocycles. The molecule has 0 fully saturated rings. The summed E-state index contributed by atoms with van der Waals surface area (Å²) in [7, 11) is 1.33. The highest BCUT2D eigenvalue weighted by Crippen LogP contribution is 2.13. The number of aryl methyl sites for hydroxylation is 1. The summed E-state index contributed by atoms with van der Waals surface area (Å²) in [6.45, 7) is 2.28. The Labute approximate surface area is 88.1 Å². The molecule has 15 heavy (non-hydrogen) atoms. The lowest BCUT2D eigenvalue weighted by molar-refractivity contribution is -0.139. The maximum absolute atomic E-state index is 10.8. The number of pyridine rings is 1. The molecule has 0 amide bonds. The molecule has 0 aliphatic heterocycles. The number of methoxy groups -OCH3 is 1. The molecule has 2 N–H and O–H groups in total. The molecule has 0 saturated carbocycles. The minimum absolute atomic E-state index is 0.103. The van der Waals surface area contributed by atoms with Gasteiger partial charge in [-0.2, -0.15) is 0 Å². The van der Waals surface area contributed by atoms with Crippen LogP contribution in [0.25, 0.3) is 0 Å². The van der Waals surface area contributed by atoms with E-state index >= 15 is 0 Å². The van der Waals surface area contributed by atoms with Gasteiger partial charge in [0.25, 0.3) is 0 Å². The zero-order valence-electron chi connectivity index (χ0n) is 8.78. The summed E-state index contributed by atoms with van der Waals surface area (Å²) in [5.74, 6) is -0.222. The molecule has 0 saturated heterocycles. The third-order valence-electron chi connectivity index (χ3n) is 1.88. The molecule has 82 valence electrons. The molecule has 0 aliphatic carbocycles. The normalized spacial score (nSPS) is 10.0. The van der Waals surface area contributed by atoms with Crippen LogP contribution in [0.15, 0.2) is 12.1 Å². The topological polar surface area (TPSA) is 71.5 Å². The summed E-state index contributed by atoms with van der Waals surface area (Å²) in [6, 6.07) is 3.30. The maximum atomic E-state index is 10.8. The van der Waals surface area contributed by atoms with E-state index in [-0.39, 0.29) is 18.3 Å². The Hall–Kier alpha value is -1.62. The van der Waals surface area contributed by atoms with Crippen molar-refractivity contribution in [3.8, 4) is 5.75 Å². The lowest BCUT2D eigenvalue weighted by Gasteiger charge is -2.05. The van der Waals surface area contributed by atoms with Crippen molar-refractivity contribution in [1.82, 2.24) is 10.3 Å². The fourth-order valence-corrected chi connectivity index (χ4v) is 1.09. The average Bonchev–Trinajstić information content (AvgIpc) is 2.23. The van der Waals surface area contributed by atoms with Crippen LogP contribution in [-0.2, 0) is 16.1 Å². The summed E-state index contributed by atoms with van der Waals surface area (Å²) in [5, 5.41) is 12.3. The summed E-state index contributed by atoms with van der Waals surface area (Å²) in [6.07, 6.45) is 0. The largest absolute Gasteiger partial charge is 0.506 e. The van der Waals surface area contributed by atoms with Gasteiger partial charge in [0.2, 0.25) is 0 Å². The van der Waals surface area contributed by atoms with Crippen LogP contribution in [0.1, 0.15) is 11.4 Å². The SMILES string of the molecule is COC(=O)CNCc1nc(C)ccc1O. The minimum atomic E-state index is -0.345. The van der Waals surface area contributed by atoms with Crippen molar-refractivity contribution in [2.24, 2.45) is 0 Å². The highest BCUT2D eigenvalue weighted by molar-refractivity contribution is 5.71. The molecular formula is C10H14N2O3. The fourth-order valence-electron chi connectivity index (χ4n) is 1.09. The molecule has 1 rings (SSSR count). The summed E-state index contributed by atoms with van der Waals surface area (Å²) in [4.78, 5) is 14.9. The number of esters is 1. The predicted octanol–water partition coefficient (Wildman–Crippen LogP) is 0.358. The quantitative estimate of drug-likeness (QED) is 0.702. The van der Waals surface area contributed by atoms with Crippen molar-refractivity contribution < 1.29 is 14.6 Å². The van der Waals surface area contributed by atoms with E-state index in [0.29, 0.717) is 12.2 Å². The second-order valence-electron chi connectivity index (χ2n) is 3.10. The van der Waals surface area contributed by atoms with Crippen LogP contribution in [0.5, 0.6) is 5.75 Å². The Kier molecular flexibility index (Phi) is 4.05. The van der Waals surface area contributed by atoms with Gasteiger partial charge in [-0.05, 0) is 19.1 Å². The van der Waals surface area contributed by atoms with Crippen LogP contribution in [0.2, 0.25) is 0 Å². The van der Waals surface area contributed by atoms with Gasteiger partial charge in [0, 0.05) is 12.2 Å². The van der Waals surface area contributed by atoms with Crippen LogP contribution >= 0.6 is 0 Å². The van der Waals surface area contributed by atoms with Gasteiger partial charge in [0.05, 0.1) is 19.3 Å². The molecular weight excluding hydrogens is 196 g/mol. The van der Waals surface area contributed by atoms with E-state index in [1.807, 2.05) is 6.92 Å². The van der Waals surface area contributed by atoms with Crippen LogP contribution in [0.3, 0.4) is 0 Å². The van der Waals surface area contributed by atoms with Crippen molar-refractivity contribution in [1.29, 1.82) is 0 Å². The first-order chi connectivity index (χ1) is 7.13. The molecule has 1 aromatic heterocycles. The van der Waals surface area contributed by atoms with E-state index in [1.165, 1.54) is 7.11 Å². The molecule has 5 nitrogen and oxygen atoms in total. The van der Waals surface area contributed by atoms with Crippen molar-refractivity contribution >= 4 is 5.97 Å². The number of aromatic nitrogens is 1. The first kappa shape index (κ1) is 11.5. The highest BCUT2D eigenvalue weighted by Gasteiger charge is 2.04. The van der Waals surface area contributed by atoms with Crippen molar-refractivity contribution in [2.45, 2.75) is 13.5 Å². The first-order valence-electron chi connectivity index (χ1n) is 4.56. The Balaban J connectivity index is 2.50. The summed E-state index contributed by atoms with van der Waals surface area (Å²) < 4.78 is 4.46. The number of ether oxygens (including phenoxy) is 1. The van der Waals surface area contributed by atoms with Gasteiger partial charge in [-0.15, -0.1) is 0 Å². The third-order valence-corrected chi connectivity index (χ3v) is 1.88. The Morgan fingerprint density at radius 2 is 2.33 bits per heavy atom. The fraction of sp³-hybridized carbons (Fsp3) is 0.400. The number of rotatable bonds is 4. The van der Waals surface area contributed by atoms with Crippen molar-refractivity contribution in [3.05, 3.63) is 23.5 Å². The summed E-state index contributed by atoms with van der Waals surface area (Å²) in [5.41, 5.74) is 1.35. The van der Waals surface area contributed by atoms with Gasteiger partial charge in [0.1, 0.15) is 5.75 Å². The van der Waals surface area contributed by atoms with Crippen LogP contribution in [-0.4, -0.2) is 29.7 Å². The van der Waals surface area contributed by atoms with E-state index in [4.69, 9.17) is 0 Å². The lowest BCUT2D eigenvalue weighted by Crippen LogP contribution is -2.23. The number of aromatic hydroxyl groups is 1. The number of nitrogens with one attached hydrogen (secondary N) is 1. The Bertz CT molecular complexity index is 353. The van der Waals surface area contributed by atoms with E-state index in [9.17, 15) is 9.90 Å². The number of carbonyl (C=O) groups excluding carboxylic acids is 1. The third kappa shape index (κ3) is 3.55. The summed E-state index contributed by atoms with van der Waals surface area (Å²) >= 11 is 0. The second-order valence-corrected chi connectivity index (χ2v) is 3.10. The molecule has 0 aromatic carbocycles. The molecule has 1 aromatic rings.